The number of rotatable bonds is 3. The molecular weight excluding hydrogens is 538 g/mol. The van der Waals surface area contributed by atoms with E-state index in [1.165, 1.54) is 70.1 Å². The lowest BCUT2D eigenvalue weighted by molar-refractivity contribution is -0.00172. The van der Waals surface area contributed by atoms with Gasteiger partial charge in [0.1, 0.15) is 11.0 Å². The third-order valence-corrected chi connectivity index (χ3v) is 9.03. The number of aromatic nitrogens is 3. The number of oxazole rings is 2. The summed E-state index contributed by atoms with van der Waals surface area (Å²) < 4.78 is 21.9. The van der Waals surface area contributed by atoms with Crippen LogP contribution in [0.15, 0.2) is 49.8 Å². The van der Waals surface area contributed by atoms with E-state index in [4.69, 9.17) is 18.1 Å². The van der Waals surface area contributed by atoms with Gasteiger partial charge >= 0.3 is 0 Å². The summed E-state index contributed by atoms with van der Waals surface area (Å²) in [6.07, 6.45) is 5.03. The van der Waals surface area contributed by atoms with E-state index in [-0.39, 0.29) is 0 Å². The molecule has 1 saturated heterocycles. The summed E-state index contributed by atoms with van der Waals surface area (Å²) in [5, 5.41) is 5.38. The smallest absolute Gasteiger partial charge is 0.203 e. The van der Waals surface area contributed by atoms with Gasteiger partial charge in [-0.15, -0.1) is 0 Å². The molecule has 6 aromatic rings. The maximum Gasteiger partial charge on any atom is 0.203 e. The number of benzene rings is 3. The first-order valence-corrected chi connectivity index (χ1v) is 15.4. The Morgan fingerprint density at radius 1 is 0.535 bits per heavy atom. The van der Waals surface area contributed by atoms with E-state index in [9.17, 15) is 0 Å². The van der Waals surface area contributed by atoms with Crippen LogP contribution in [0.4, 0.5) is 0 Å². The zero-order chi connectivity index (χ0) is 29.8. The van der Waals surface area contributed by atoms with Gasteiger partial charge < -0.3 is 18.1 Å². The van der Waals surface area contributed by atoms with E-state index in [1.807, 2.05) is 0 Å². The van der Waals surface area contributed by atoms with Crippen molar-refractivity contribution >= 4 is 33.2 Å². The molecule has 2 aliphatic carbocycles. The molecule has 3 aliphatic rings. The minimum atomic E-state index is 0.359. The largest absolute Gasteiger partial charge is 0.440 e. The molecule has 7 heteroatoms. The lowest BCUT2D eigenvalue weighted by atomic mass is 10.1. The van der Waals surface area contributed by atoms with Crippen molar-refractivity contribution < 1.29 is 18.1 Å². The van der Waals surface area contributed by atoms with Gasteiger partial charge in [0.2, 0.25) is 5.89 Å². The van der Waals surface area contributed by atoms with E-state index in [0.29, 0.717) is 17.8 Å². The highest BCUT2D eigenvalue weighted by atomic mass is 16.5. The number of ether oxygens (including phenoxy) is 1. The lowest BCUT2D eigenvalue weighted by Gasteiger charge is -2.22. The van der Waals surface area contributed by atoms with Crippen LogP contribution in [0.2, 0.25) is 0 Å². The predicted octanol–water partition coefficient (Wildman–Crippen LogP) is 9.20. The highest BCUT2D eigenvalue weighted by Gasteiger charge is 2.30. The molecule has 0 spiro atoms. The molecule has 7 nitrogen and oxygen atoms in total. The van der Waals surface area contributed by atoms with Crippen molar-refractivity contribution in [3.8, 4) is 0 Å². The Hall–Kier alpha value is -3.97. The Balaban J connectivity index is 0.000000105. The Morgan fingerprint density at radius 2 is 1.00 bits per heavy atom. The summed E-state index contributed by atoms with van der Waals surface area (Å²) in [7, 11) is 0. The summed E-state index contributed by atoms with van der Waals surface area (Å²) in [6.45, 7) is 14.1. The normalized spacial score (nSPS) is 16.6. The first-order valence-electron chi connectivity index (χ1n) is 15.4. The molecule has 4 heterocycles. The van der Waals surface area contributed by atoms with Crippen molar-refractivity contribution in [1.82, 2.24) is 15.1 Å². The Kier molecular flexibility index (Phi) is 7.08. The van der Waals surface area contributed by atoms with Gasteiger partial charge in [0.15, 0.2) is 22.6 Å². The third kappa shape index (κ3) is 5.70. The summed E-state index contributed by atoms with van der Waals surface area (Å²) in [5.41, 5.74) is 13.6. The van der Waals surface area contributed by atoms with Crippen LogP contribution in [0.1, 0.15) is 94.3 Å². The van der Waals surface area contributed by atoms with E-state index < -0.39 is 0 Å². The molecule has 2 saturated carbocycles. The highest BCUT2D eigenvalue weighted by molar-refractivity contribution is 5.82. The van der Waals surface area contributed by atoms with Crippen molar-refractivity contribution in [3.63, 3.8) is 0 Å². The maximum absolute atomic E-state index is 5.72. The van der Waals surface area contributed by atoms with Crippen molar-refractivity contribution in [2.45, 2.75) is 85.0 Å². The summed E-state index contributed by atoms with van der Waals surface area (Å²) in [4.78, 5) is 9.00. The Labute approximate surface area is 251 Å². The average Bonchev–Trinajstić information content (AvgIpc) is 3.86. The molecule has 0 unspecified atom stereocenters. The summed E-state index contributed by atoms with van der Waals surface area (Å²) in [6, 6.07) is 12.6. The SMILES string of the molecule is Cc1cc2nc(C3CC3)oc2cc1C.Cc1cc2nc(C3COC3)oc2cc1C.Cc1cc2onc(C3CC3)c2cc1C. The molecule has 3 aromatic carbocycles. The molecule has 0 radical (unpaired) electrons. The van der Waals surface area contributed by atoms with Gasteiger partial charge in [-0.3, -0.25) is 0 Å². The first kappa shape index (κ1) is 27.8. The van der Waals surface area contributed by atoms with Crippen molar-refractivity contribution in [2.75, 3.05) is 13.2 Å². The Bertz CT molecular complexity index is 1860. The fourth-order valence-electron chi connectivity index (χ4n) is 5.32. The molecule has 1 aliphatic heterocycles. The first-order chi connectivity index (χ1) is 20.7. The summed E-state index contributed by atoms with van der Waals surface area (Å²) >= 11 is 0. The molecule has 3 aromatic heterocycles. The zero-order valence-corrected chi connectivity index (χ0v) is 25.9. The van der Waals surface area contributed by atoms with Gasteiger partial charge in [-0.05, 0) is 137 Å². The fraction of sp³-hybridized carbons (Fsp3) is 0.417. The molecule has 222 valence electrons. The third-order valence-electron chi connectivity index (χ3n) is 9.03. The molecule has 0 N–H and O–H groups in total. The van der Waals surface area contributed by atoms with Gasteiger partial charge in [0.25, 0.3) is 0 Å². The van der Waals surface area contributed by atoms with Crippen LogP contribution in [-0.2, 0) is 4.74 Å². The molecule has 0 amide bonds. The molecule has 9 rings (SSSR count). The number of hydrogen-bond acceptors (Lipinski definition) is 7. The van der Waals surface area contributed by atoms with Crippen LogP contribution in [-0.4, -0.2) is 28.3 Å². The Morgan fingerprint density at radius 3 is 1.49 bits per heavy atom. The van der Waals surface area contributed by atoms with E-state index in [1.54, 1.807) is 0 Å². The molecular formula is C36H39N3O4. The topological polar surface area (TPSA) is 87.3 Å². The van der Waals surface area contributed by atoms with E-state index in [0.717, 1.165) is 52.8 Å². The second-order valence-electron chi connectivity index (χ2n) is 12.7. The maximum atomic E-state index is 5.72. The van der Waals surface area contributed by atoms with Gasteiger partial charge in [-0.25, -0.2) is 9.97 Å². The number of fused-ring (bicyclic) bond motifs is 3. The van der Waals surface area contributed by atoms with Gasteiger partial charge in [0, 0.05) is 17.2 Å². The molecule has 0 atom stereocenters. The van der Waals surface area contributed by atoms with Crippen LogP contribution in [0, 0.1) is 41.5 Å². The molecule has 0 bridgehead atoms. The second-order valence-corrected chi connectivity index (χ2v) is 12.7. The zero-order valence-electron chi connectivity index (χ0n) is 25.9. The number of aryl methyl sites for hydroxylation is 6. The standard InChI is InChI=1S/C12H13NO2.2C12H13NO/c1-7-3-10-11(4-8(7)2)15-12(13-10)9-5-14-6-9;1-7-5-10-11(6-8(7)2)14-12(13-10)9-3-4-9;1-7-5-10-11(6-8(7)2)14-13-12(10)9-3-4-9/h3-4,9H,5-6H2,1-2H3;2*5-6,9H,3-4H2,1-2H3. The van der Waals surface area contributed by atoms with E-state index >= 15 is 0 Å². The minimum Gasteiger partial charge on any atom is -0.440 e. The van der Waals surface area contributed by atoms with Crippen molar-refractivity contribution in [2.24, 2.45) is 0 Å². The highest BCUT2D eigenvalue weighted by Crippen LogP contribution is 2.43. The van der Waals surface area contributed by atoms with Crippen LogP contribution >= 0.6 is 0 Å². The number of hydrogen-bond donors (Lipinski definition) is 0. The van der Waals surface area contributed by atoms with Crippen molar-refractivity contribution in [1.29, 1.82) is 0 Å². The monoisotopic (exact) mass is 577 g/mol. The minimum absolute atomic E-state index is 0.359. The predicted molar refractivity (Wildman–Crippen MR) is 168 cm³/mol. The van der Waals surface area contributed by atoms with Gasteiger partial charge in [0.05, 0.1) is 24.8 Å². The van der Waals surface area contributed by atoms with Crippen LogP contribution in [0.25, 0.3) is 33.2 Å². The fourth-order valence-corrected chi connectivity index (χ4v) is 5.32. The van der Waals surface area contributed by atoms with Crippen molar-refractivity contribution in [3.05, 3.63) is 87.3 Å². The van der Waals surface area contributed by atoms with Gasteiger partial charge in [-0.2, -0.15) is 0 Å². The second kappa shape index (κ2) is 10.9. The summed E-state index contributed by atoms with van der Waals surface area (Å²) in [5.74, 6) is 3.38. The average molecular weight is 578 g/mol. The van der Waals surface area contributed by atoms with E-state index in [2.05, 4.69) is 93.1 Å². The lowest BCUT2D eigenvalue weighted by Crippen LogP contribution is -2.25. The quantitative estimate of drug-likeness (QED) is 0.207. The molecule has 3 fully saturated rings. The van der Waals surface area contributed by atoms with Crippen LogP contribution < -0.4 is 0 Å². The van der Waals surface area contributed by atoms with Crippen LogP contribution in [0.5, 0.6) is 0 Å². The van der Waals surface area contributed by atoms with Crippen LogP contribution in [0.3, 0.4) is 0 Å². The molecule has 43 heavy (non-hydrogen) atoms. The number of nitrogens with zero attached hydrogens (tertiary/aromatic N) is 3. The van der Waals surface area contributed by atoms with Gasteiger partial charge in [-0.1, -0.05) is 5.16 Å².